The molecule has 6 heteroatoms. The number of hydrogen-bond acceptors (Lipinski definition) is 4. The molecule has 0 unspecified atom stereocenters. The van der Waals surface area contributed by atoms with E-state index in [9.17, 15) is 4.39 Å². The van der Waals surface area contributed by atoms with Gasteiger partial charge in [0, 0.05) is 34.8 Å². The number of pyridine rings is 1. The molecule has 3 heterocycles. The first-order chi connectivity index (χ1) is 22.4. The third-order valence-electron chi connectivity index (χ3n) is 8.79. The van der Waals surface area contributed by atoms with E-state index in [4.69, 9.17) is 9.72 Å². The molecule has 1 aliphatic heterocycles. The van der Waals surface area contributed by atoms with Crippen LogP contribution in [0.1, 0.15) is 30.9 Å². The van der Waals surface area contributed by atoms with Gasteiger partial charge in [-0.25, -0.2) is 9.37 Å². The van der Waals surface area contributed by atoms with E-state index in [0.29, 0.717) is 12.4 Å². The second-order valence-electron chi connectivity index (χ2n) is 12.2. The van der Waals surface area contributed by atoms with E-state index in [2.05, 4.69) is 97.0 Å². The van der Waals surface area contributed by atoms with E-state index in [1.807, 2.05) is 53.6 Å². The number of nitrogens with zero attached hydrogens (tertiary/aromatic N) is 4. The molecule has 0 bridgehead atoms. The second-order valence-corrected chi connectivity index (χ2v) is 12.2. The zero-order chi connectivity index (χ0) is 31.4. The van der Waals surface area contributed by atoms with Crippen molar-refractivity contribution >= 4 is 44.6 Å². The summed E-state index contributed by atoms with van der Waals surface area (Å²) in [5.74, 6) is 2.40. The van der Waals surface area contributed by atoms with Gasteiger partial charge in [-0.05, 0) is 90.7 Å². The Labute approximate surface area is 267 Å². The van der Waals surface area contributed by atoms with Crippen LogP contribution in [0.4, 0.5) is 27.1 Å². The van der Waals surface area contributed by atoms with Gasteiger partial charge in [-0.2, -0.15) is 0 Å². The Bertz CT molecular complexity index is 2250. The van der Waals surface area contributed by atoms with Gasteiger partial charge in [0.1, 0.15) is 29.8 Å². The van der Waals surface area contributed by atoms with Crippen LogP contribution >= 0.6 is 0 Å². The van der Waals surface area contributed by atoms with E-state index in [0.717, 1.165) is 61.9 Å². The molecule has 0 amide bonds. The molecular formula is C40H33FN4O. The minimum atomic E-state index is -0.243. The maximum Gasteiger partial charge on any atom is 0.146 e. The molecule has 2 aromatic heterocycles. The SMILES string of the molecule is Cc1ccnc(-n2c3ccccc3c3ccc(Oc4cc(C(C)C)cc(N5CN(c6ccccc6F)c6ccccc65)c4)cc32)c1. The van der Waals surface area contributed by atoms with Crippen LogP contribution in [0.5, 0.6) is 11.5 Å². The van der Waals surface area contributed by atoms with Crippen molar-refractivity contribution in [1.82, 2.24) is 9.55 Å². The predicted octanol–water partition coefficient (Wildman–Crippen LogP) is 10.8. The molecule has 5 aromatic carbocycles. The molecule has 0 N–H and O–H groups in total. The van der Waals surface area contributed by atoms with Gasteiger partial charge < -0.3 is 14.5 Å². The number of anilines is 4. The summed E-state index contributed by atoms with van der Waals surface area (Å²) in [6.45, 7) is 6.94. The summed E-state index contributed by atoms with van der Waals surface area (Å²) < 4.78 is 23.9. The van der Waals surface area contributed by atoms with Crippen LogP contribution in [-0.2, 0) is 0 Å². The lowest BCUT2D eigenvalue weighted by molar-refractivity contribution is 0.482. The van der Waals surface area contributed by atoms with Gasteiger partial charge in [0.2, 0.25) is 0 Å². The van der Waals surface area contributed by atoms with Crippen molar-refractivity contribution in [3.05, 3.63) is 144 Å². The molecular weight excluding hydrogens is 571 g/mol. The van der Waals surface area contributed by atoms with Crippen LogP contribution in [0, 0.1) is 12.7 Å². The number of rotatable bonds is 6. The Balaban J connectivity index is 1.21. The van der Waals surface area contributed by atoms with Crippen molar-refractivity contribution in [1.29, 1.82) is 0 Å². The molecule has 0 saturated carbocycles. The summed E-state index contributed by atoms with van der Waals surface area (Å²) in [7, 11) is 0. The molecule has 1 aliphatic rings. The number of ether oxygens (including phenoxy) is 1. The Morgan fingerprint density at radius 3 is 2.17 bits per heavy atom. The highest BCUT2D eigenvalue weighted by molar-refractivity contribution is 6.09. The Morgan fingerprint density at radius 1 is 0.674 bits per heavy atom. The van der Waals surface area contributed by atoms with E-state index >= 15 is 0 Å². The van der Waals surface area contributed by atoms with Crippen LogP contribution in [0.25, 0.3) is 27.6 Å². The van der Waals surface area contributed by atoms with Crippen LogP contribution in [-0.4, -0.2) is 16.2 Å². The second kappa shape index (κ2) is 11.1. The molecule has 5 nitrogen and oxygen atoms in total. The van der Waals surface area contributed by atoms with Gasteiger partial charge in [0.25, 0.3) is 0 Å². The van der Waals surface area contributed by atoms with Crippen molar-refractivity contribution in [2.75, 3.05) is 16.5 Å². The lowest BCUT2D eigenvalue weighted by atomic mass is 10.0. The van der Waals surface area contributed by atoms with Crippen LogP contribution < -0.4 is 14.5 Å². The van der Waals surface area contributed by atoms with Gasteiger partial charge in [-0.3, -0.25) is 4.57 Å². The van der Waals surface area contributed by atoms with Crippen LogP contribution in [0.2, 0.25) is 0 Å². The lowest BCUT2D eigenvalue weighted by Crippen LogP contribution is -2.24. The number of fused-ring (bicyclic) bond motifs is 4. The number of aromatic nitrogens is 2. The average Bonchev–Trinajstić information content (AvgIpc) is 3.61. The fraction of sp³-hybridized carbons (Fsp3) is 0.125. The van der Waals surface area contributed by atoms with Crippen molar-refractivity contribution in [3.8, 4) is 17.3 Å². The Morgan fingerprint density at radius 2 is 1.39 bits per heavy atom. The molecule has 0 saturated heterocycles. The summed E-state index contributed by atoms with van der Waals surface area (Å²) >= 11 is 0. The Hall–Kier alpha value is -5.62. The third-order valence-corrected chi connectivity index (χ3v) is 8.79. The van der Waals surface area contributed by atoms with E-state index < -0.39 is 0 Å². The standard InChI is InChI=1S/C40H33FN4O/c1-26(2)28-21-29(43-25-44(36-13-7-5-11-34(36)41)38-15-9-8-14-37(38)43)23-31(22-28)46-30-16-17-33-32-10-4-6-12-35(32)45(39(33)24-30)40-20-27(3)18-19-42-40/h4-24,26H,25H2,1-3H3. The van der Waals surface area contributed by atoms with E-state index in [1.54, 1.807) is 6.07 Å². The number of benzene rings is 5. The highest BCUT2D eigenvalue weighted by Gasteiger charge is 2.29. The minimum Gasteiger partial charge on any atom is -0.457 e. The van der Waals surface area contributed by atoms with Gasteiger partial charge in [-0.15, -0.1) is 0 Å². The van der Waals surface area contributed by atoms with Gasteiger partial charge in [-0.1, -0.05) is 56.3 Å². The fourth-order valence-corrected chi connectivity index (χ4v) is 6.50. The maximum atomic E-state index is 15.0. The molecule has 8 rings (SSSR count). The molecule has 0 spiro atoms. The minimum absolute atomic E-state index is 0.243. The smallest absolute Gasteiger partial charge is 0.146 e. The first-order valence-electron chi connectivity index (χ1n) is 15.6. The fourth-order valence-electron chi connectivity index (χ4n) is 6.50. The third kappa shape index (κ3) is 4.74. The summed E-state index contributed by atoms with van der Waals surface area (Å²) in [6, 6.07) is 40.3. The summed E-state index contributed by atoms with van der Waals surface area (Å²) in [5.41, 5.74) is 7.98. The molecule has 0 atom stereocenters. The highest BCUT2D eigenvalue weighted by atomic mass is 19.1. The molecule has 0 radical (unpaired) electrons. The van der Waals surface area contributed by atoms with Gasteiger partial charge in [0.15, 0.2) is 0 Å². The quantitative estimate of drug-likeness (QED) is 0.189. The summed E-state index contributed by atoms with van der Waals surface area (Å²) in [4.78, 5) is 8.98. The molecule has 7 aromatic rings. The number of hydrogen-bond donors (Lipinski definition) is 0. The van der Waals surface area contributed by atoms with E-state index in [-0.39, 0.29) is 11.7 Å². The zero-order valence-electron chi connectivity index (χ0n) is 26.0. The summed E-state index contributed by atoms with van der Waals surface area (Å²) in [5, 5.41) is 2.31. The highest BCUT2D eigenvalue weighted by Crippen LogP contribution is 2.46. The van der Waals surface area contributed by atoms with Crippen LogP contribution in [0.3, 0.4) is 0 Å². The van der Waals surface area contributed by atoms with Crippen molar-refractivity contribution < 1.29 is 9.13 Å². The number of aryl methyl sites for hydroxylation is 1. The average molecular weight is 605 g/mol. The van der Waals surface area contributed by atoms with Gasteiger partial charge >= 0.3 is 0 Å². The molecule has 226 valence electrons. The van der Waals surface area contributed by atoms with Crippen molar-refractivity contribution in [2.24, 2.45) is 0 Å². The van der Waals surface area contributed by atoms with Gasteiger partial charge in [0.05, 0.1) is 28.1 Å². The van der Waals surface area contributed by atoms with Crippen molar-refractivity contribution in [2.45, 2.75) is 26.7 Å². The largest absolute Gasteiger partial charge is 0.457 e. The first kappa shape index (κ1) is 27.9. The topological polar surface area (TPSA) is 33.5 Å². The number of halogens is 1. The lowest BCUT2D eigenvalue weighted by Gasteiger charge is -2.24. The van der Waals surface area contributed by atoms with Crippen molar-refractivity contribution in [3.63, 3.8) is 0 Å². The molecule has 46 heavy (non-hydrogen) atoms. The summed E-state index contributed by atoms with van der Waals surface area (Å²) in [6.07, 6.45) is 1.86. The first-order valence-corrected chi connectivity index (χ1v) is 15.6. The molecule has 0 fully saturated rings. The predicted molar refractivity (Wildman–Crippen MR) is 186 cm³/mol. The maximum absolute atomic E-state index is 15.0. The zero-order valence-corrected chi connectivity index (χ0v) is 26.0. The number of para-hydroxylation sites is 4. The van der Waals surface area contributed by atoms with E-state index in [1.165, 1.54) is 11.5 Å². The Kier molecular flexibility index (Phi) is 6.71. The normalized spacial score (nSPS) is 12.8. The molecule has 0 aliphatic carbocycles. The monoisotopic (exact) mass is 604 g/mol. The van der Waals surface area contributed by atoms with Crippen LogP contribution in [0.15, 0.2) is 128 Å².